The van der Waals surface area contributed by atoms with Crippen LogP contribution in [0.1, 0.15) is 17.3 Å². The molecule has 0 saturated heterocycles. The maximum atomic E-state index is 13.1. The molecule has 0 saturated carbocycles. The molecule has 14 heavy (non-hydrogen) atoms. The fourth-order valence-electron chi connectivity index (χ4n) is 0.918. The van der Waals surface area contributed by atoms with Crippen LogP contribution in [0.3, 0.4) is 0 Å². The lowest BCUT2D eigenvalue weighted by Gasteiger charge is -2.08. The van der Waals surface area contributed by atoms with Crippen molar-refractivity contribution in [2.75, 3.05) is 6.61 Å². The Morgan fingerprint density at radius 2 is 2.36 bits per heavy atom. The van der Waals surface area contributed by atoms with E-state index in [2.05, 4.69) is 0 Å². The summed E-state index contributed by atoms with van der Waals surface area (Å²) in [7, 11) is 0. The van der Waals surface area contributed by atoms with Gasteiger partial charge in [0.15, 0.2) is 11.6 Å². The van der Waals surface area contributed by atoms with Gasteiger partial charge in [-0.1, -0.05) is 0 Å². The van der Waals surface area contributed by atoms with Gasteiger partial charge in [-0.05, 0) is 25.1 Å². The van der Waals surface area contributed by atoms with Crippen molar-refractivity contribution in [1.82, 2.24) is 0 Å². The largest absolute Gasteiger partial charge is 0.488 e. The Morgan fingerprint density at radius 3 is 2.86 bits per heavy atom. The standard InChI is InChI=1S/C10H11FO3/c1-7(13)6-14-10-3-2-8(5-12)4-9(10)11/h2-5,7,13H,6H2,1H3. The molecule has 76 valence electrons. The van der Waals surface area contributed by atoms with E-state index in [0.29, 0.717) is 6.29 Å². The number of hydrogen-bond acceptors (Lipinski definition) is 3. The van der Waals surface area contributed by atoms with Crippen molar-refractivity contribution in [2.24, 2.45) is 0 Å². The molecule has 0 aliphatic heterocycles. The summed E-state index contributed by atoms with van der Waals surface area (Å²) in [5.41, 5.74) is 0.256. The second-order valence-corrected chi connectivity index (χ2v) is 2.97. The molecule has 1 N–H and O–H groups in total. The molecule has 0 amide bonds. The summed E-state index contributed by atoms with van der Waals surface area (Å²) in [6, 6.07) is 3.90. The maximum absolute atomic E-state index is 13.1. The number of aliphatic hydroxyl groups is 1. The van der Waals surface area contributed by atoms with Crippen molar-refractivity contribution in [3.05, 3.63) is 29.6 Å². The van der Waals surface area contributed by atoms with Crippen LogP contribution in [0, 0.1) is 5.82 Å². The minimum atomic E-state index is -0.653. The first kappa shape index (κ1) is 10.7. The number of hydrogen-bond donors (Lipinski definition) is 1. The summed E-state index contributed by atoms with van der Waals surface area (Å²) >= 11 is 0. The summed E-state index contributed by atoms with van der Waals surface area (Å²) in [5.74, 6) is -0.563. The average Bonchev–Trinajstić information content (AvgIpc) is 2.15. The SMILES string of the molecule is CC(O)COc1ccc(C=O)cc1F. The summed E-state index contributed by atoms with van der Waals surface area (Å²) in [5, 5.41) is 8.90. The molecule has 0 spiro atoms. The molecule has 0 fully saturated rings. The van der Waals surface area contributed by atoms with E-state index < -0.39 is 11.9 Å². The Labute approximate surface area is 81.1 Å². The Kier molecular flexibility index (Phi) is 3.59. The number of carbonyl (C=O) groups excluding carboxylic acids is 1. The lowest BCUT2D eigenvalue weighted by molar-refractivity contribution is 0.112. The highest BCUT2D eigenvalue weighted by Gasteiger charge is 2.05. The summed E-state index contributed by atoms with van der Waals surface area (Å²) in [6.07, 6.45) is -0.0956. The number of carbonyl (C=O) groups is 1. The van der Waals surface area contributed by atoms with Crippen molar-refractivity contribution >= 4 is 6.29 Å². The van der Waals surface area contributed by atoms with Crippen LogP contribution >= 0.6 is 0 Å². The third kappa shape index (κ3) is 2.81. The van der Waals surface area contributed by atoms with Crippen LogP contribution in [0.5, 0.6) is 5.75 Å². The molecule has 1 rings (SSSR count). The highest BCUT2D eigenvalue weighted by molar-refractivity contribution is 5.74. The van der Waals surface area contributed by atoms with Crippen LogP contribution < -0.4 is 4.74 Å². The number of benzene rings is 1. The normalized spacial score (nSPS) is 12.2. The van der Waals surface area contributed by atoms with Gasteiger partial charge in [-0.25, -0.2) is 4.39 Å². The van der Waals surface area contributed by atoms with Crippen LogP contribution in [-0.4, -0.2) is 24.1 Å². The number of aldehydes is 1. The van der Waals surface area contributed by atoms with Gasteiger partial charge in [0.25, 0.3) is 0 Å². The molecule has 3 nitrogen and oxygen atoms in total. The van der Waals surface area contributed by atoms with Gasteiger partial charge in [0.2, 0.25) is 0 Å². The van der Waals surface area contributed by atoms with E-state index in [9.17, 15) is 9.18 Å². The molecule has 1 aromatic carbocycles. The topological polar surface area (TPSA) is 46.5 Å². The molecular weight excluding hydrogens is 187 g/mol. The third-order valence-electron chi connectivity index (χ3n) is 1.57. The van der Waals surface area contributed by atoms with Gasteiger partial charge in [0, 0.05) is 5.56 Å². The van der Waals surface area contributed by atoms with E-state index in [0.717, 1.165) is 6.07 Å². The van der Waals surface area contributed by atoms with Gasteiger partial charge in [-0.2, -0.15) is 0 Å². The summed E-state index contributed by atoms with van der Waals surface area (Å²) in [4.78, 5) is 10.3. The van der Waals surface area contributed by atoms with Crippen molar-refractivity contribution in [1.29, 1.82) is 0 Å². The predicted octanol–water partition coefficient (Wildman–Crippen LogP) is 1.40. The zero-order valence-corrected chi connectivity index (χ0v) is 7.74. The van der Waals surface area contributed by atoms with Gasteiger partial charge in [0.05, 0.1) is 6.10 Å². The fraction of sp³-hybridized carbons (Fsp3) is 0.300. The Balaban J connectivity index is 2.73. The van der Waals surface area contributed by atoms with E-state index in [4.69, 9.17) is 9.84 Å². The fourth-order valence-corrected chi connectivity index (χ4v) is 0.918. The van der Waals surface area contributed by atoms with Crippen molar-refractivity contribution < 1.29 is 19.0 Å². The zero-order chi connectivity index (χ0) is 10.6. The van der Waals surface area contributed by atoms with Gasteiger partial charge < -0.3 is 9.84 Å². The predicted molar refractivity (Wildman–Crippen MR) is 49.0 cm³/mol. The molecule has 1 unspecified atom stereocenters. The van der Waals surface area contributed by atoms with Gasteiger partial charge in [-0.3, -0.25) is 4.79 Å². The molecule has 4 heteroatoms. The monoisotopic (exact) mass is 198 g/mol. The number of ether oxygens (including phenoxy) is 1. The van der Waals surface area contributed by atoms with E-state index in [-0.39, 0.29) is 17.9 Å². The number of aliphatic hydroxyl groups excluding tert-OH is 1. The van der Waals surface area contributed by atoms with Gasteiger partial charge >= 0.3 is 0 Å². The lowest BCUT2D eigenvalue weighted by atomic mass is 10.2. The second-order valence-electron chi connectivity index (χ2n) is 2.97. The first-order valence-corrected chi connectivity index (χ1v) is 4.19. The van der Waals surface area contributed by atoms with Crippen molar-refractivity contribution in [2.45, 2.75) is 13.0 Å². The quantitative estimate of drug-likeness (QED) is 0.744. The van der Waals surface area contributed by atoms with Crippen LogP contribution in [-0.2, 0) is 0 Å². The number of halogens is 1. The minimum absolute atomic E-state index is 0.0252. The molecule has 0 heterocycles. The number of rotatable bonds is 4. The summed E-state index contributed by atoms with van der Waals surface area (Å²) < 4.78 is 18.1. The first-order valence-electron chi connectivity index (χ1n) is 4.19. The van der Waals surface area contributed by atoms with Gasteiger partial charge in [-0.15, -0.1) is 0 Å². The minimum Gasteiger partial charge on any atom is -0.488 e. The van der Waals surface area contributed by atoms with Crippen LogP contribution in [0.2, 0.25) is 0 Å². The third-order valence-corrected chi connectivity index (χ3v) is 1.57. The summed E-state index contributed by atoms with van der Waals surface area (Å²) in [6.45, 7) is 1.56. The Hall–Kier alpha value is -1.42. The Morgan fingerprint density at radius 1 is 1.64 bits per heavy atom. The molecule has 0 aliphatic rings. The van der Waals surface area contributed by atoms with E-state index in [1.807, 2.05) is 0 Å². The van der Waals surface area contributed by atoms with Crippen molar-refractivity contribution in [3.8, 4) is 5.75 Å². The van der Waals surface area contributed by atoms with Crippen LogP contribution in [0.15, 0.2) is 18.2 Å². The molecule has 1 aromatic rings. The Bertz CT molecular complexity index is 323. The smallest absolute Gasteiger partial charge is 0.165 e. The molecule has 0 bridgehead atoms. The molecular formula is C10H11FO3. The second kappa shape index (κ2) is 4.72. The van der Waals surface area contributed by atoms with Crippen LogP contribution in [0.25, 0.3) is 0 Å². The highest BCUT2D eigenvalue weighted by Crippen LogP contribution is 2.17. The van der Waals surface area contributed by atoms with Crippen LogP contribution in [0.4, 0.5) is 4.39 Å². The van der Waals surface area contributed by atoms with Gasteiger partial charge in [0.1, 0.15) is 12.9 Å². The maximum Gasteiger partial charge on any atom is 0.165 e. The average molecular weight is 198 g/mol. The molecule has 1 atom stereocenters. The zero-order valence-electron chi connectivity index (χ0n) is 7.74. The molecule has 0 aliphatic carbocycles. The first-order chi connectivity index (χ1) is 6.63. The van der Waals surface area contributed by atoms with Crippen molar-refractivity contribution in [3.63, 3.8) is 0 Å². The van der Waals surface area contributed by atoms with E-state index in [1.54, 1.807) is 0 Å². The van der Waals surface area contributed by atoms with E-state index >= 15 is 0 Å². The molecule has 0 radical (unpaired) electrons. The highest BCUT2D eigenvalue weighted by atomic mass is 19.1. The lowest BCUT2D eigenvalue weighted by Crippen LogP contribution is -2.13. The van der Waals surface area contributed by atoms with E-state index in [1.165, 1.54) is 19.1 Å². The molecule has 0 aromatic heterocycles.